The zero-order valence-electron chi connectivity index (χ0n) is 14.4. The van der Waals surface area contributed by atoms with Gasteiger partial charge in [0.1, 0.15) is 0 Å². The van der Waals surface area contributed by atoms with Gasteiger partial charge >= 0.3 is 0 Å². The third kappa shape index (κ3) is 3.31. The number of hydrogen-bond acceptors (Lipinski definition) is 2. The molecule has 26 heavy (non-hydrogen) atoms. The fourth-order valence-corrected chi connectivity index (χ4v) is 3.11. The maximum absolute atomic E-state index is 5.85. The zero-order chi connectivity index (χ0) is 17.9. The van der Waals surface area contributed by atoms with Crippen molar-refractivity contribution in [3.8, 4) is 33.4 Å². The summed E-state index contributed by atoms with van der Waals surface area (Å²) >= 11 is 0. The molecular weight excluding hydrogens is 316 g/mol. The first-order valence-corrected chi connectivity index (χ1v) is 8.61. The lowest BCUT2D eigenvalue weighted by molar-refractivity contribution is 1.56. The van der Waals surface area contributed by atoms with Gasteiger partial charge in [-0.25, -0.2) is 0 Å². The number of rotatable bonds is 3. The molecule has 0 amide bonds. The Balaban J connectivity index is 1.89. The minimum Gasteiger partial charge on any atom is -0.399 e. The van der Waals surface area contributed by atoms with Crippen molar-refractivity contribution in [1.29, 1.82) is 0 Å². The molecule has 0 saturated heterocycles. The third-order valence-electron chi connectivity index (χ3n) is 4.53. The normalized spacial score (nSPS) is 10.6. The zero-order valence-corrected chi connectivity index (χ0v) is 14.4. The van der Waals surface area contributed by atoms with E-state index >= 15 is 0 Å². The van der Waals surface area contributed by atoms with Gasteiger partial charge in [-0.2, -0.15) is 0 Å². The van der Waals surface area contributed by atoms with Crippen LogP contribution in [0.1, 0.15) is 0 Å². The number of anilines is 2. The molecule has 2 nitrogen and oxygen atoms in total. The average Bonchev–Trinajstić information content (AvgIpc) is 2.69. The predicted octanol–water partition coefficient (Wildman–Crippen LogP) is 5.85. The van der Waals surface area contributed by atoms with Gasteiger partial charge in [0.15, 0.2) is 0 Å². The fraction of sp³-hybridized carbons (Fsp3) is 0. The first-order chi connectivity index (χ1) is 12.7. The molecule has 0 aliphatic carbocycles. The van der Waals surface area contributed by atoms with E-state index in [0.29, 0.717) is 0 Å². The Morgan fingerprint density at radius 2 is 0.692 bits per heavy atom. The van der Waals surface area contributed by atoms with Crippen molar-refractivity contribution < 1.29 is 0 Å². The molecule has 4 rings (SSSR count). The molecule has 0 saturated carbocycles. The highest BCUT2D eigenvalue weighted by molar-refractivity contribution is 5.81. The Labute approximate surface area is 153 Å². The number of hydrogen-bond donors (Lipinski definition) is 2. The summed E-state index contributed by atoms with van der Waals surface area (Å²) in [5.74, 6) is 0. The van der Waals surface area contributed by atoms with Crippen LogP contribution in [0, 0.1) is 0 Å². The highest BCUT2D eigenvalue weighted by atomic mass is 14.5. The van der Waals surface area contributed by atoms with Gasteiger partial charge in [0, 0.05) is 11.4 Å². The van der Waals surface area contributed by atoms with Crippen LogP contribution in [0.3, 0.4) is 0 Å². The van der Waals surface area contributed by atoms with Crippen molar-refractivity contribution in [1.82, 2.24) is 0 Å². The fourth-order valence-electron chi connectivity index (χ4n) is 3.11. The highest BCUT2D eigenvalue weighted by Gasteiger charge is 2.07. The number of benzene rings is 4. The standard InChI is InChI=1S/C24H20N2/c25-23-10-6-18(7-11-23)21-14-20(17-4-2-1-3-5-17)15-22(16-21)19-8-12-24(26)13-9-19/h1-16H,25-26H2. The molecule has 0 aliphatic heterocycles. The maximum Gasteiger partial charge on any atom is 0.0314 e. The van der Waals surface area contributed by atoms with Gasteiger partial charge < -0.3 is 11.5 Å². The molecule has 4 aromatic rings. The second-order valence-electron chi connectivity index (χ2n) is 6.41. The van der Waals surface area contributed by atoms with Crippen LogP contribution in [0.5, 0.6) is 0 Å². The first kappa shape index (κ1) is 16.0. The van der Waals surface area contributed by atoms with Crippen LogP contribution in [-0.4, -0.2) is 0 Å². The van der Waals surface area contributed by atoms with Crippen LogP contribution in [0.15, 0.2) is 97.1 Å². The Kier molecular flexibility index (Phi) is 4.16. The predicted molar refractivity (Wildman–Crippen MR) is 112 cm³/mol. The molecular formula is C24H20N2. The SMILES string of the molecule is Nc1ccc(-c2cc(-c3ccccc3)cc(-c3ccc(N)cc3)c2)cc1. The Morgan fingerprint density at radius 1 is 0.346 bits per heavy atom. The number of nitrogens with two attached hydrogens (primary N) is 2. The lowest BCUT2D eigenvalue weighted by Crippen LogP contribution is -1.88. The molecule has 0 unspecified atom stereocenters. The van der Waals surface area contributed by atoms with E-state index in [0.717, 1.165) is 33.6 Å². The van der Waals surface area contributed by atoms with Gasteiger partial charge in [-0.15, -0.1) is 0 Å². The van der Waals surface area contributed by atoms with Crippen molar-refractivity contribution in [3.63, 3.8) is 0 Å². The van der Waals surface area contributed by atoms with E-state index in [2.05, 4.69) is 66.7 Å². The molecule has 0 fully saturated rings. The van der Waals surface area contributed by atoms with E-state index in [1.54, 1.807) is 0 Å². The van der Waals surface area contributed by atoms with Crippen molar-refractivity contribution >= 4 is 11.4 Å². The van der Waals surface area contributed by atoms with Crippen LogP contribution >= 0.6 is 0 Å². The monoisotopic (exact) mass is 336 g/mol. The average molecular weight is 336 g/mol. The summed E-state index contributed by atoms with van der Waals surface area (Å²) in [7, 11) is 0. The van der Waals surface area contributed by atoms with Gasteiger partial charge in [0.2, 0.25) is 0 Å². The van der Waals surface area contributed by atoms with E-state index in [1.165, 1.54) is 11.1 Å². The van der Waals surface area contributed by atoms with Crippen molar-refractivity contribution in [2.45, 2.75) is 0 Å². The Bertz CT molecular complexity index is 954. The summed E-state index contributed by atoms with van der Waals surface area (Å²) < 4.78 is 0. The van der Waals surface area contributed by atoms with Gasteiger partial charge in [0.05, 0.1) is 0 Å². The van der Waals surface area contributed by atoms with Crippen LogP contribution in [-0.2, 0) is 0 Å². The smallest absolute Gasteiger partial charge is 0.0314 e. The molecule has 0 spiro atoms. The van der Waals surface area contributed by atoms with E-state index in [9.17, 15) is 0 Å². The van der Waals surface area contributed by atoms with Crippen LogP contribution < -0.4 is 11.5 Å². The van der Waals surface area contributed by atoms with Gasteiger partial charge in [-0.3, -0.25) is 0 Å². The van der Waals surface area contributed by atoms with Gasteiger partial charge in [-0.1, -0.05) is 54.6 Å². The van der Waals surface area contributed by atoms with Crippen LogP contribution in [0.2, 0.25) is 0 Å². The molecule has 4 aromatic carbocycles. The molecule has 0 aromatic heterocycles. The highest BCUT2D eigenvalue weighted by Crippen LogP contribution is 2.33. The van der Waals surface area contributed by atoms with Crippen LogP contribution in [0.25, 0.3) is 33.4 Å². The quantitative estimate of drug-likeness (QED) is 0.461. The van der Waals surface area contributed by atoms with E-state index < -0.39 is 0 Å². The maximum atomic E-state index is 5.85. The summed E-state index contributed by atoms with van der Waals surface area (Å²) in [6, 6.07) is 33.1. The second kappa shape index (κ2) is 6.77. The molecule has 0 bridgehead atoms. The van der Waals surface area contributed by atoms with E-state index in [-0.39, 0.29) is 0 Å². The topological polar surface area (TPSA) is 52.0 Å². The van der Waals surface area contributed by atoms with Crippen LogP contribution in [0.4, 0.5) is 11.4 Å². The summed E-state index contributed by atoms with van der Waals surface area (Å²) in [5.41, 5.74) is 20.2. The number of nitrogen functional groups attached to an aromatic ring is 2. The lowest BCUT2D eigenvalue weighted by atomic mass is 9.93. The Hall–Kier alpha value is -3.52. The summed E-state index contributed by atoms with van der Waals surface area (Å²) in [6.07, 6.45) is 0. The molecule has 0 heterocycles. The minimum atomic E-state index is 0.770. The third-order valence-corrected chi connectivity index (χ3v) is 4.53. The first-order valence-electron chi connectivity index (χ1n) is 8.61. The molecule has 0 aliphatic rings. The Morgan fingerprint density at radius 3 is 1.08 bits per heavy atom. The van der Waals surface area contributed by atoms with Crippen molar-refractivity contribution in [2.75, 3.05) is 11.5 Å². The molecule has 2 heteroatoms. The lowest BCUT2D eigenvalue weighted by Gasteiger charge is -2.11. The minimum absolute atomic E-state index is 0.770. The summed E-state index contributed by atoms with van der Waals surface area (Å²) in [5, 5.41) is 0. The van der Waals surface area contributed by atoms with E-state index in [1.807, 2.05) is 30.3 Å². The van der Waals surface area contributed by atoms with Crippen molar-refractivity contribution in [2.24, 2.45) is 0 Å². The molecule has 0 atom stereocenters. The molecule has 4 N–H and O–H groups in total. The van der Waals surface area contributed by atoms with Gasteiger partial charge in [0.25, 0.3) is 0 Å². The second-order valence-corrected chi connectivity index (χ2v) is 6.41. The molecule has 126 valence electrons. The van der Waals surface area contributed by atoms with Crippen molar-refractivity contribution in [3.05, 3.63) is 97.1 Å². The van der Waals surface area contributed by atoms with Gasteiger partial charge in [-0.05, 0) is 75.8 Å². The molecule has 0 radical (unpaired) electrons. The van der Waals surface area contributed by atoms with E-state index in [4.69, 9.17) is 11.5 Å². The largest absolute Gasteiger partial charge is 0.399 e. The summed E-state index contributed by atoms with van der Waals surface area (Å²) in [6.45, 7) is 0. The summed E-state index contributed by atoms with van der Waals surface area (Å²) in [4.78, 5) is 0.